The molecule has 0 fully saturated rings. The zero-order chi connectivity index (χ0) is 14.5. The molecule has 0 amide bonds. The summed E-state index contributed by atoms with van der Waals surface area (Å²) in [5.41, 5.74) is 3.06. The van der Waals surface area contributed by atoms with Crippen molar-refractivity contribution in [1.82, 2.24) is 10.2 Å². The molecule has 0 bridgehead atoms. The van der Waals surface area contributed by atoms with Crippen LogP contribution >= 0.6 is 0 Å². The standard InChI is InChI=1S/C17H30N2/c1-7-18-16(13-19(5)6)12-14-8-10-15(11-9-14)17(2,3)4/h8-11,16,18H,7,12-13H2,1-6H3. The van der Waals surface area contributed by atoms with Crippen LogP contribution in [0.25, 0.3) is 0 Å². The molecular weight excluding hydrogens is 232 g/mol. The molecule has 19 heavy (non-hydrogen) atoms. The van der Waals surface area contributed by atoms with Gasteiger partial charge >= 0.3 is 0 Å². The van der Waals surface area contributed by atoms with Crippen LogP contribution in [0.4, 0.5) is 0 Å². The average Bonchev–Trinajstić information content (AvgIpc) is 2.28. The van der Waals surface area contributed by atoms with Gasteiger partial charge in [0.05, 0.1) is 0 Å². The Balaban J connectivity index is 2.69. The van der Waals surface area contributed by atoms with Crippen molar-refractivity contribution in [3.8, 4) is 0 Å². The van der Waals surface area contributed by atoms with Crippen molar-refractivity contribution < 1.29 is 0 Å². The number of nitrogens with one attached hydrogen (secondary N) is 1. The highest BCUT2D eigenvalue weighted by Crippen LogP contribution is 2.22. The number of rotatable bonds is 6. The summed E-state index contributed by atoms with van der Waals surface area (Å²) in [4.78, 5) is 2.25. The van der Waals surface area contributed by atoms with Gasteiger partial charge in [-0.3, -0.25) is 0 Å². The van der Waals surface area contributed by atoms with E-state index in [4.69, 9.17) is 0 Å². The summed E-state index contributed by atoms with van der Waals surface area (Å²) < 4.78 is 0. The third-order valence-electron chi connectivity index (χ3n) is 3.38. The molecule has 1 N–H and O–H groups in total. The molecule has 1 unspecified atom stereocenters. The average molecular weight is 262 g/mol. The number of hydrogen-bond donors (Lipinski definition) is 1. The predicted octanol–water partition coefficient (Wildman–Crippen LogP) is 3.07. The Morgan fingerprint density at radius 3 is 2.11 bits per heavy atom. The van der Waals surface area contributed by atoms with E-state index < -0.39 is 0 Å². The monoisotopic (exact) mass is 262 g/mol. The lowest BCUT2D eigenvalue weighted by molar-refractivity contribution is 0.339. The summed E-state index contributed by atoms with van der Waals surface area (Å²) in [5, 5.41) is 3.57. The summed E-state index contributed by atoms with van der Waals surface area (Å²) in [6.45, 7) is 11.1. The fraction of sp³-hybridized carbons (Fsp3) is 0.647. The van der Waals surface area contributed by atoms with E-state index in [0.717, 1.165) is 19.5 Å². The summed E-state index contributed by atoms with van der Waals surface area (Å²) in [6, 6.07) is 9.63. The van der Waals surface area contributed by atoms with Gasteiger partial charge in [-0.2, -0.15) is 0 Å². The fourth-order valence-electron chi connectivity index (χ4n) is 2.36. The van der Waals surface area contributed by atoms with Gasteiger partial charge in [0.15, 0.2) is 0 Å². The molecule has 0 aliphatic carbocycles. The highest BCUT2D eigenvalue weighted by molar-refractivity contribution is 5.28. The first-order chi connectivity index (χ1) is 8.82. The first-order valence-corrected chi connectivity index (χ1v) is 7.30. The summed E-state index contributed by atoms with van der Waals surface area (Å²) in [5.74, 6) is 0. The Bertz CT molecular complexity index is 360. The zero-order valence-corrected chi connectivity index (χ0v) is 13.5. The van der Waals surface area contributed by atoms with E-state index in [0.29, 0.717) is 6.04 Å². The second-order valence-corrected chi connectivity index (χ2v) is 6.67. The third-order valence-corrected chi connectivity index (χ3v) is 3.38. The van der Waals surface area contributed by atoms with Crippen molar-refractivity contribution >= 4 is 0 Å². The van der Waals surface area contributed by atoms with E-state index >= 15 is 0 Å². The number of hydrogen-bond acceptors (Lipinski definition) is 2. The van der Waals surface area contributed by atoms with Gasteiger partial charge in [0.2, 0.25) is 0 Å². The second kappa shape index (κ2) is 7.06. The van der Waals surface area contributed by atoms with E-state index in [1.807, 2.05) is 0 Å². The van der Waals surface area contributed by atoms with Crippen molar-refractivity contribution in [2.24, 2.45) is 0 Å². The number of nitrogens with zero attached hydrogens (tertiary/aromatic N) is 1. The molecule has 0 aliphatic heterocycles. The summed E-state index contributed by atoms with van der Waals surface area (Å²) in [6.07, 6.45) is 1.09. The Hall–Kier alpha value is -0.860. The largest absolute Gasteiger partial charge is 0.313 e. The molecule has 1 aromatic carbocycles. The Labute approximate surface area is 119 Å². The quantitative estimate of drug-likeness (QED) is 0.847. The minimum Gasteiger partial charge on any atom is -0.313 e. The van der Waals surface area contributed by atoms with Gasteiger partial charge in [0, 0.05) is 12.6 Å². The van der Waals surface area contributed by atoms with Gasteiger partial charge in [-0.15, -0.1) is 0 Å². The normalized spacial score (nSPS) is 13.8. The van der Waals surface area contributed by atoms with Crippen molar-refractivity contribution in [2.75, 3.05) is 27.2 Å². The topological polar surface area (TPSA) is 15.3 Å². The highest BCUT2D eigenvalue weighted by atomic mass is 15.1. The lowest BCUT2D eigenvalue weighted by Crippen LogP contribution is -2.39. The van der Waals surface area contributed by atoms with Crippen LogP contribution in [0.15, 0.2) is 24.3 Å². The molecule has 0 aromatic heterocycles. The van der Waals surface area contributed by atoms with Gasteiger partial charge in [0.1, 0.15) is 0 Å². The van der Waals surface area contributed by atoms with E-state index in [1.165, 1.54) is 11.1 Å². The van der Waals surface area contributed by atoms with Crippen LogP contribution in [0.5, 0.6) is 0 Å². The van der Waals surface area contributed by atoms with Gasteiger partial charge in [-0.25, -0.2) is 0 Å². The molecule has 1 atom stereocenters. The van der Waals surface area contributed by atoms with Crippen molar-refractivity contribution in [3.05, 3.63) is 35.4 Å². The lowest BCUT2D eigenvalue weighted by Gasteiger charge is -2.23. The maximum atomic E-state index is 3.57. The second-order valence-electron chi connectivity index (χ2n) is 6.67. The molecule has 0 spiro atoms. The van der Waals surface area contributed by atoms with Crippen LogP contribution in [0.3, 0.4) is 0 Å². The lowest BCUT2D eigenvalue weighted by atomic mass is 9.86. The molecule has 2 heteroatoms. The molecule has 108 valence electrons. The van der Waals surface area contributed by atoms with Crippen LogP contribution in [-0.4, -0.2) is 38.1 Å². The van der Waals surface area contributed by atoms with Crippen molar-refractivity contribution in [2.45, 2.75) is 45.6 Å². The molecule has 1 rings (SSSR count). The maximum absolute atomic E-state index is 3.57. The van der Waals surface area contributed by atoms with E-state index in [2.05, 4.69) is 76.3 Å². The molecule has 0 heterocycles. The van der Waals surface area contributed by atoms with Crippen LogP contribution in [0, 0.1) is 0 Å². The minimum absolute atomic E-state index is 0.239. The maximum Gasteiger partial charge on any atom is 0.0235 e. The van der Waals surface area contributed by atoms with Crippen LogP contribution in [0.2, 0.25) is 0 Å². The van der Waals surface area contributed by atoms with Gasteiger partial charge in [-0.05, 0) is 43.6 Å². The number of benzene rings is 1. The van der Waals surface area contributed by atoms with Gasteiger partial charge < -0.3 is 10.2 Å². The van der Waals surface area contributed by atoms with E-state index in [-0.39, 0.29) is 5.41 Å². The minimum atomic E-state index is 0.239. The highest BCUT2D eigenvalue weighted by Gasteiger charge is 2.14. The number of likely N-dealkylation sites (N-methyl/N-ethyl adjacent to an activating group) is 2. The fourth-order valence-corrected chi connectivity index (χ4v) is 2.36. The van der Waals surface area contributed by atoms with E-state index in [1.54, 1.807) is 0 Å². The predicted molar refractivity (Wildman–Crippen MR) is 84.9 cm³/mol. The smallest absolute Gasteiger partial charge is 0.0235 e. The molecule has 0 saturated heterocycles. The Morgan fingerprint density at radius 2 is 1.68 bits per heavy atom. The summed E-state index contributed by atoms with van der Waals surface area (Å²) in [7, 11) is 4.26. The van der Waals surface area contributed by atoms with Crippen LogP contribution in [-0.2, 0) is 11.8 Å². The van der Waals surface area contributed by atoms with Crippen LogP contribution in [0.1, 0.15) is 38.8 Å². The molecule has 0 aliphatic rings. The molecule has 0 saturated carbocycles. The third kappa shape index (κ3) is 5.75. The van der Waals surface area contributed by atoms with Gasteiger partial charge in [-0.1, -0.05) is 52.0 Å². The van der Waals surface area contributed by atoms with Crippen molar-refractivity contribution in [3.63, 3.8) is 0 Å². The molecular formula is C17H30N2. The first kappa shape index (κ1) is 16.2. The Kier molecular flexibility index (Phi) is 6.02. The van der Waals surface area contributed by atoms with E-state index in [9.17, 15) is 0 Å². The molecule has 0 radical (unpaired) electrons. The van der Waals surface area contributed by atoms with Gasteiger partial charge in [0.25, 0.3) is 0 Å². The molecule has 1 aromatic rings. The summed E-state index contributed by atoms with van der Waals surface area (Å²) >= 11 is 0. The first-order valence-electron chi connectivity index (χ1n) is 7.30. The van der Waals surface area contributed by atoms with Crippen LogP contribution < -0.4 is 5.32 Å². The van der Waals surface area contributed by atoms with Crippen molar-refractivity contribution in [1.29, 1.82) is 0 Å². The Morgan fingerprint density at radius 1 is 1.11 bits per heavy atom. The molecule has 2 nitrogen and oxygen atoms in total. The SMILES string of the molecule is CCNC(Cc1ccc(C(C)(C)C)cc1)CN(C)C. The zero-order valence-electron chi connectivity index (χ0n) is 13.5.